The predicted octanol–water partition coefficient (Wildman–Crippen LogP) is 2.64. The number of ether oxygens (including phenoxy) is 1. The molecule has 2 unspecified atom stereocenters. The normalized spacial score (nSPS) is 21.2. The molecular weight excluding hydrogens is 294 g/mol. The van der Waals surface area contributed by atoms with Crippen molar-refractivity contribution >= 4 is 11.9 Å². The minimum Gasteiger partial charge on any atom is -0.478 e. The van der Waals surface area contributed by atoms with E-state index < -0.39 is 5.97 Å². The average molecular weight is 319 g/mol. The second-order valence-corrected chi connectivity index (χ2v) is 6.59. The number of carbonyl (C=O) groups excluding carboxylic acids is 1. The molecule has 1 amide bonds. The molecule has 23 heavy (non-hydrogen) atoms. The summed E-state index contributed by atoms with van der Waals surface area (Å²) in [4.78, 5) is 23.2. The van der Waals surface area contributed by atoms with Crippen LogP contribution in [0.3, 0.4) is 0 Å². The van der Waals surface area contributed by atoms with Gasteiger partial charge in [0.15, 0.2) is 0 Å². The van der Waals surface area contributed by atoms with Crippen LogP contribution in [0.4, 0.5) is 0 Å². The Morgan fingerprint density at radius 1 is 1.39 bits per heavy atom. The van der Waals surface area contributed by atoms with Gasteiger partial charge in [-0.25, -0.2) is 4.79 Å². The van der Waals surface area contributed by atoms with E-state index in [1.165, 1.54) is 6.07 Å². The molecule has 1 aliphatic rings. The minimum atomic E-state index is -0.979. The van der Waals surface area contributed by atoms with E-state index in [2.05, 4.69) is 19.2 Å². The SMILES string of the molecule is CC(C)CC1CC(NC(=O)Cc2cccc(C(=O)O)c2)CCO1. The van der Waals surface area contributed by atoms with Gasteiger partial charge in [0.05, 0.1) is 18.1 Å². The van der Waals surface area contributed by atoms with Gasteiger partial charge in [0, 0.05) is 12.6 Å². The Bertz CT molecular complexity index is 556. The summed E-state index contributed by atoms with van der Waals surface area (Å²) in [6.07, 6.45) is 3.10. The van der Waals surface area contributed by atoms with Gasteiger partial charge in [0.25, 0.3) is 0 Å². The molecule has 0 aliphatic carbocycles. The van der Waals surface area contributed by atoms with Crippen LogP contribution in [0.1, 0.15) is 49.0 Å². The highest BCUT2D eigenvalue weighted by molar-refractivity contribution is 5.88. The van der Waals surface area contributed by atoms with Crippen LogP contribution in [0.2, 0.25) is 0 Å². The number of aromatic carboxylic acids is 1. The first-order valence-electron chi connectivity index (χ1n) is 8.17. The molecule has 0 aromatic heterocycles. The van der Waals surface area contributed by atoms with Gasteiger partial charge in [-0.1, -0.05) is 26.0 Å². The molecule has 1 aromatic carbocycles. The number of carbonyl (C=O) groups is 2. The largest absolute Gasteiger partial charge is 0.478 e. The first kappa shape index (κ1) is 17.5. The van der Waals surface area contributed by atoms with Gasteiger partial charge in [0.2, 0.25) is 5.91 Å². The fraction of sp³-hybridized carbons (Fsp3) is 0.556. The van der Waals surface area contributed by atoms with Gasteiger partial charge in [-0.05, 0) is 42.9 Å². The third kappa shape index (κ3) is 5.67. The second kappa shape index (κ2) is 8.11. The fourth-order valence-corrected chi connectivity index (χ4v) is 2.98. The molecule has 1 fully saturated rings. The molecule has 2 N–H and O–H groups in total. The standard InChI is InChI=1S/C18H25NO4/c1-12(2)8-16-11-15(6-7-23-16)19-17(20)10-13-4-3-5-14(9-13)18(21)22/h3-5,9,12,15-16H,6-8,10-11H2,1-2H3,(H,19,20)(H,21,22). The highest BCUT2D eigenvalue weighted by Crippen LogP contribution is 2.20. The first-order valence-corrected chi connectivity index (χ1v) is 8.17. The lowest BCUT2D eigenvalue weighted by Gasteiger charge is -2.31. The van der Waals surface area contributed by atoms with Crippen molar-refractivity contribution in [2.75, 3.05) is 6.61 Å². The molecule has 0 saturated carbocycles. The molecule has 0 bridgehead atoms. The maximum Gasteiger partial charge on any atom is 0.335 e. The summed E-state index contributed by atoms with van der Waals surface area (Å²) in [6, 6.07) is 6.66. The van der Waals surface area contributed by atoms with Crippen molar-refractivity contribution in [3.63, 3.8) is 0 Å². The molecule has 1 aromatic rings. The number of hydrogen-bond donors (Lipinski definition) is 2. The highest BCUT2D eigenvalue weighted by atomic mass is 16.5. The number of carboxylic acid groups (broad SMARTS) is 1. The zero-order chi connectivity index (χ0) is 16.8. The van der Waals surface area contributed by atoms with E-state index in [4.69, 9.17) is 9.84 Å². The zero-order valence-corrected chi connectivity index (χ0v) is 13.7. The molecular formula is C18H25NO4. The third-order valence-electron chi connectivity index (χ3n) is 4.01. The summed E-state index contributed by atoms with van der Waals surface area (Å²) in [5.74, 6) is -0.468. The molecule has 2 rings (SSSR count). The lowest BCUT2D eigenvalue weighted by molar-refractivity contribution is -0.122. The molecule has 1 aliphatic heterocycles. The zero-order valence-electron chi connectivity index (χ0n) is 13.7. The molecule has 0 spiro atoms. The van der Waals surface area contributed by atoms with Gasteiger partial charge < -0.3 is 15.2 Å². The van der Waals surface area contributed by atoms with Crippen LogP contribution in [-0.2, 0) is 16.0 Å². The lowest BCUT2D eigenvalue weighted by atomic mass is 9.96. The van der Waals surface area contributed by atoms with E-state index in [9.17, 15) is 9.59 Å². The average Bonchev–Trinajstić information content (AvgIpc) is 2.47. The Hall–Kier alpha value is -1.88. The van der Waals surface area contributed by atoms with Crippen molar-refractivity contribution in [3.8, 4) is 0 Å². The minimum absolute atomic E-state index is 0.0669. The van der Waals surface area contributed by atoms with Crippen molar-refractivity contribution in [2.24, 2.45) is 5.92 Å². The van der Waals surface area contributed by atoms with Gasteiger partial charge in [-0.3, -0.25) is 4.79 Å². The van der Waals surface area contributed by atoms with Crippen molar-refractivity contribution < 1.29 is 19.4 Å². The second-order valence-electron chi connectivity index (χ2n) is 6.59. The van der Waals surface area contributed by atoms with Crippen LogP contribution in [0.15, 0.2) is 24.3 Å². The molecule has 0 radical (unpaired) electrons. The monoisotopic (exact) mass is 319 g/mol. The molecule has 5 heteroatoms. The highest BCUT2D eigenvalue weighted by Gasteiger charge is 2.24. The summed E-state index contributed by atoms with van der Waals surface area (Å²) >= 11 is 0. The van der Waals surface area contributed by atoms with E-state index >= 15 is 0 Å². The Balaban J connectivity index is 1.87. The van der Waals surface area contributed by atoms with Crippen molar-refractivity contribution in [2.45, 2.75) is 51.7 Å². The van der Waals surface area contributed by atoms with Crippen LogP contribution in [0.25, 0.3) is 0 Å². The Morgan fingerprint density at radius 2 is 2.17 bits per heavy atom. The Labute approximate surface area is 137 Å². The fourth-order valence-electron chi connectivity index (χ4n) is 2.98. The summed E-state index contributed by atoms with van der Waals surface area (Å²) in [6.45, 7) is 5.01. The topological polar surface area (TPSA) is 75.6 Å². The molecule has 5 nitrogen and oxygen atoms in total. The Kier molecular flexibility index (Phi) is 6.16. The van der Waals surface area contributed by atoms with Gasteiger partial charge in [-0.2, -0.15) is 0 Å². The van der Waals surface area contributed by atoms with Crippen LogP contribution in [0, 0.1) is 5.92 Å². The first-order chi connectivity index (χ1) is 10.9. The van der Waals surface area contributed by atoms with E-state index in [0.717, 1.165) is 19.3 Å². The van der Waals surface area contributed by atoms with Crippen LogP contribution in [-0.4, -0.2) is 35.7 Å². The number of amides is 1. The van der Waals surface area contributed by atoms with E-state index in [-0.39, 0.29) is 30.0 Å². The van der Waals surface area contributed by atoms with Crippen molar-refractivity contribution in [1.82, 2.24) is 5.32 Å². The number of nitrogens with one attached hydrogen (secondary N) is 1. The van der Waals surface area contributed by atoms with Crippen molar-refractivity contribution in [1.29, 1.82) is 0 Å². The van der Waals surface area contributed by atoms with Crippen LogP contribution >= 0.6 is 0 Å². The summed E-state index contributed by atoms with van der Waals surface area (Å²) in [5.41, 5.74) is 0.923. The summed E-state index contributed by atoms with van der Waals surface area (Å²) in [7, 11) is 0. The quantitative estimate of drug-likeness (QED) is 0.845. The molecule has 2 atom stereocenters. The Morgan fingerprint density at radius 3 is 2.87 bits per heavy atom. The third-order valence-corrected chi connectivity index (χ3v) is 4.01. The summed E-state index contributed by atoms with van der Waals surface area (Å²) in [5, 5.41) is 12.0. The lowest BCUT2D eigenvalue weighted by Crippen LogP contribution is -2.42. The van der Waals surface area contributed by atoms with E-state index in [0.29, 0.717) is 18.1 Å². The predicted molar refractivity (Wildman–Crippen MR) is 87.5 cm³/mol. The molecule has 1 heterocycles. The van der Waals surface area contributed by atoms with Gasteiger partial charge in [0.1, 0.15) is 0 Å². The molecule has 126 valence electrons. The number of rotatable bonds is 6. The maximum absolute atomic E-state index is 12.2. The number of benzene rings is 1. The number of carboxylic acids is 1. The van der Waals surface area contributed by atoms with Gasteiger partial charge in [-0.15, -0.1) is 0 Å². The van der Waals surface area contributed by atoms with Crippen LogP contribution in [0.5, 0.6) is 0 Å². The van der Waals surface area contributed by atoms with Crippen molar-refractivity contribution in [3.05, 3.63) is 35.4 Å². The van der Waals surface area contributed by atoms with Crippen LogP contribution < -0.4 is 5.32 Å². The molecule has 1 saturated heterocycles. The summed E-state index contributed by atoms with van der Waals surface area (Å²) < 4.78 is 5.74. The maximum atomic E-state index is 12.2. The smallest absolute Gasteiger partial charge is 0.335 e. The van der Waals surface area contributed by atoms with E-state index in [1.807, 2.05) is 0 Å². The van der Waals surface area contributed by atoms with E-state index in [1.54, 1.807) is 18.2 Å². The number of hydrogen-bond acceptors (Lipinski definition) is 3. The van der Waals surface area contributed by atoms with Gasteiger partial charge >= 0.3 is 5.97 Å².